The maximum atomic E-state index is 12.4. The van der Waals surface area contributed by atoms with E-state index in [0.717, 1.165) is 43.1 Å². The summed E-state index contributed by atoms with van der Waals surface area (Å²) in [6, 6.07) is 9.37. The van der Waals surface area contributed by atoms with Crippen LogP contribution in [0.1, 0.15) is 21.5 Å². The smallest absolute Gasteiger partial charge is 0.251 e. The molecule has 3 N–H and O–H groups in total. The molecular formula is C19H28Cl3N5O. The van der Waals surface area contributed by atoms with Crippen molar-refractivity contribution in [3.05, 3.63) is 53.2 Å². The van der Waals surface area contributed by atoms with Crippen LogP contribution in [0, 0.1) is 6.92 Å². The second-order valence-corrected chi connectivity index (χ2v) is 6.57. The molecule has 1 aliphatic heterocycles. The van der Waals surface area contributed by atoms with Gasteiger partial charge in [-0.25, -0.2) is 4.98 Å². The van der Waals surface area contributed by atoms with Gasteiger partial charge in [0.15, 0.2) is 0 Å². The van der Waals surface area contributed by atoms with Crippen LogP contribution >= 0.6 is 37.2 Å². The largest absolute Gasteiger partial charge is 0.399 e. The lowest BCUT2D eigenvalue weighted by Crippen LogP contribution is -2.44. The zero-order chi connectivity index (χ0) is 17.8. The summed E-state index contributed by atoms with van der Waals surface area (Å²) in [5.41, 5.74) is 8.96. The molecule has 0 saturated carbocycles. The van der Waals surface area contributed by atoms with Crippen LogP contribution < -0.4 is 16.0 Å². The summed E-state index contributed by atoms with van der Waals surface area (Å²) in [5, 5.41) is 2.97. The number of nitrogens with two attached hydrogens (primary N) is 1. The number of hydrogen-bond donors (Lipinski definition) is 2. The first-order valence-electron chi connectivity index (χ1n) is 8.55. The normalized spacial score (nSPS) is 13.6. The van der Waals surface area contributed by atoms with E-state index in [0.29, 0.717) is 17.8 Å². The first-order chi connectivity index (χ1) is 12.0. The highest BCUT2D eigenvalue weighted by molar-refractivity contribution is 5.96. The van der Waals surface area contributed by atoms with Gasteiger partial charge in [0.25, 0.3) is 5.91 Å². The van der Waals surface area contributed by atoms with Gasteiger partial charge in [-0.2, -0.15) is 0 Å². The lowest BCUT2D eigenvalue weighted by Gasteiger charge is -2.33. The Morgan fingerprint density at radius 1 is 1.11 bits per heavy atom. The van der Waals surface area contributed by atoms with Crippen LogP contribution in [0.25, 0.3) is 0 Å². The van der Waals surface area contributed by atoms with Gasteiger partial charge in [-0.15, -0.1) is 37.2 Å². The predicted molar refractivity (Wildman–Crippen MR) is 122 cm³/mol. The van der Waals surface area contributed by atoms with Gasteiger partial charge in [0.1, 0.15) is 5.82 Å². The number of anilines is 2. The Labute approximate surface area is 185 Å². The van der Waals surface area contributed by atoms with Crippen molar-refractivity contribution < 1.29 is 4.79 Å². The first-order valence-corrected chi connectivity index (χ1v) is 8.55. The van der Waals surface area contributed by atoms with E-state index < -0.39 is 0 Å². The van der Waals surface area contributed by atoms with E-state index in [-0.39, 0.29) is 43.1 Å². The molecule has 0 aliphatic carbocycles. The minimum atomic E-state index is -0.109. The molecule has 0 bridgehead atoms. The van der Waals surface area contributed by atoms with Crippen LogP contribution in [0.3, 0.4) is 0 Å². The van der Waals surface area contributed by atoms with Gasteiger partial charge < -0.3 is 20.9 Å². The Bertz CT molecular complexity index is 767. The van der Waals surface area contributed by atoms with Gasteiger partial charge in [0, 0.05) is 50.2 Å². The SMILES string of the molecule is Cc1ccc(N)cc1C(=O)NCc1ccnc(N2CCN(C)CC2)c1.Cl.Cl.Cl. The number of nitrogen functional groups attached to an aromatic ring is 1. The fraction of sp³-hybridized carbons (Fsp3) is 0.368. The van der Waals surface area contributed by atoms with Gasteiger partial charge in [-0.3, -0.25) is 4.79 Å². The van der Waals surface area contributed by atoms with Crippen molar-refractivity contribution in [3.63, 3.8) is 0 Å². The fourth-order valence-corrected chi connectivity index (χ4v) is 2.94. The number of carbonyl (C=O) groups is 1. The quantitative estimate of drug-likeness (QED) is 0.704. The van der Waals surface area contributed by atoms with Gasteiger partial charge in [-0.1, -0.05) is 6.07 Å². The number of pyridine rings is 1. The lowest BCUT2D eigenvalue weighted by atomic mass is 10.1. The molecular weight excluding hydrogens is 421 g/mol. The number of hydrogen-bond acceptors (Lipinski definition) is 5. The molecule has 28 heavy (non-hydrogen) atoms. The molecule has 0 unspecified atom stereocenters. The summed E-state index contributed by atoms with van der Waals surface area (Å²) in [6.45, 7) is 6.40. The maximum Gasteiger partial charge on any atom is 0.251 e. The fourth-order valence-electron chi connectivity index (χ4n) is 2.94. The van der Waals surface area contributed by atoms with Crippen molar-refractivity contribution in [3.8, 4) is 0 Å². The molecule has 0 atom stereocenters. The molecule has 1 aromatic carbocycles. The van der Waals surface area contributed by atoms with Crippen LogP contribution in [0.2, 0.25) is 0 Å². The molecule has 0 spiro atoms. The Morgan fingerprint density at radius 2 is 1.79 bits per heavy atom. The Kier molecular flexibility index (Phi) is 11.2. The van der Waals surface area contributed by atoms with Crippen LogP contribution in [0.5, 0.6) is 0 Å². The number of aromatic nitrogens is 1. The second-order valence-electron chi connectivity index (χ2n) is 6.57. The summed E-state index contributed by atoms with van der Waals surface area (Å²) < 4.78 is 0. The minimum absolute atomic E-state index is 0. The Morgan fingerprint density at radius 3 is 2.46 bits per heavy atom. The minimum Gasteiger partial charge on any atom is -0.399 e. The topological polar surface area (TPSA) is 74.5 Å². The van der Waals surface area contributed by atoms with Gasteiger partial charge in [-0.05, 0) is 49.4 Å². The van der Waals surface area contributed by atoms with Crippen molar-refractivity contribution in [1.29, 1.82) is 0 Å². The molecule has 9 heteroatoms. The van der Waals surface area contributed by atoms with E-state index in [4.69, 9.17) is 5.73 Å². The molecule has 1 aromatic heterocycles. The molecule has 0 radical (unpaired) electrons. The van der Waals surface area contributed by atoms with Crippen molar-refractivity contribution in [2.75, 3.05) is 43.9 Å². The average molecular weight is 449 g/mol. The summed E-state index contributed by atoms with van der Waals surface area (Å²) >= 11 is 0. The van der Waals surface area contributed by atoms with E-state index in [1.165, 1.54) is 0 Å². The highest BCUT2D eigenvalue weighted by Crippen LogP contribution is 2.16. The summed E-state index contributed by atoms with van der Waals surface area (Å²) in [4.78, 5) is 21.5. The number of nitrogens with zero attached hydrogens (tertiary/aromatic N) is 3. The lowest BCUT2D eigenvalue weighted by molar-refractivity contribution is 0.0950. The van der Waals surface area contributed by atoms with Crippen LogP contribution in [0.15, 0.2) is 36.5 Å². The zero-order valence-corrected chi connectivity index (χ0v) is 18.5. The Hall–Kier alpha value is -1.73. The Balaban J connectivity index is 0.00000243. The monoisotopic (exact) mass is 447 g/mol. The number of amides is 1. The number of rotatable bonds is 4. The third-order valence-electron chi connectivity index (χ3n) is 4.60. The van der Waals surface area contributed by atoms with E-state index >= 15 is 0 Å². The number of likely N-dealkylation sites (N-methyl/N-ethyl adjacent to an activating group) is 1. The summed E-state index contributed by atoms with van der Waals surface area (Å²) in [6.07, 6.45) is 1.81. The van der Waals surface area contributed by atoms with Gasteiger partial charge >= 0.3 is 0 Å². The molecule has 2 aromatic rings. The van der Waals surface area contributed by atoms with Gasteiger partial charge in [0.05, 0.1) is 0 Å². The summed E-state index contributed by atoms with van der Waals surface area (Å²) in [7, 11) is 2.13. The van der Waals surface area contributed by atoms with E-state index in [1.54, 1.807) is 18.3 Å². The number of carbonyl (C=O) groups excluding carboxylic acids is 1. The molecule has 3 rings (SSSR count). The van der Waals surface area contributed by atoms with Crippen molar-refractivity contribution in [2.45, 2.75) is 13.5 Å². The molecule has 6 nitrogen and oxygen atoms in total. The zero-order valence-electron chi connectivity index (χ0n) is 16.1. The molecule has 1 amide bonds. The molecule has 156 valence electrons. The highest BCUT2D eigenvalue weighted by atomic mass is 35.5. The molecule has 2 heterocycles. The van der Waals surface area contributed by atoms with E-state index in [1.807, 2.05) is 19.1 Å². The molecule has 1 fully saturated rings. The summed E-state index contributed by atoms with van der Waals surface area (Å²) in [5.74, 6) is 0.864. The van der Waals surface area contributed by atoms with Crippen molar-refractivity contribution in [1.82, 2.24) is 15.2 Å². The third kappa shape index (κ3) is 6.71. The van der Waals surface area contributed by atoms with Crippen LogP contribution in [0.4, 0.5) is 11.5 Å². The number of nitrogens with one attached hydrogen (secondary N) is 1. The number of piperazine rings is 1. The molecule has 1 aliphatic rings. The number of aryl methyl sites for hydroxylation is 1. The first kappa shape index (κ1) is 26.3. The molecule has 1 saturated heterocycles. The predicted octanol–water partition coefficient (Wildman–Crippen LogP) is 2.92. The van der Waals surface area contributed by atoms with Crippen LogP contribution in [-0.2, 0) is 6.54 Å². The standard InChI is InChI=1S/C19H25N5O.3ClH/c1-14-3-4-16(20)12-17(14)19(25)22-13-15-5-6-21-18(11-15)24-9-7-23(2)8-10-24;;;/h3-6,11-12H,7-10,13,20H2,1-2H3,(H,22,25);3*1H. The van der Waals surface area contributed by atoms with E-state index in [9.17, 15) is 4.79 Å². The third-order valence-corrected chi connectivity index (χ3v) is 4.60. The van der Waals surface area contributed by atoms with Gasteiger partial charge in [0.2, 0.25) is 0 Å². The van der Waals surface area contributed by atoms with Crippen LogP contribution in [-0.4, -0.2) is 49.0 Å². The maximum absolute atomic E-state index is 12.4. The highest BCUT2D eigenvalue weighted by Gasteiger charge is 2.15. The van der Waals surface area contributed by atoms with Crippen molar-refractivity contribution >= 4 is 54.6 Å². The number of benzene rings is 1. The second kappa shape index (κ2) is 12.0. The average Bonchev–Trinajstić information content (AvgIpc) is 2.62. The van der Waals surface area contributed by atoms with E-state index in [2.05, 4.69) is 33.2 Å². The number of halogens is 3. The van der Waals surface area contributed by atoms with Crippen molar-refractivity contribution in [2.24, 2.45) is 0 Å².